The number of anilines is 1. The average Bonchev–Trinajstić information content (AvgIpc) is 2.71. The van der Waals surface area contributed by atoms with E-state index < -0.39 is 52.5 Å². The number of aromatic nitrogens is 2. The zero-order valence-electron chi connectivity index (χ0n) is 12.2. The standard InChI is InChI=1S/C9H15N3O11P2/c10-5-1-2-12(9(15)11-5)8-7(14)6(13)4(22-8)3-21-25(19,20)23-24(16,17)18/h1-2,4,6-8,13-14H,3H2,(H,19,20)(H2,10,11,15)(H2,16,17,18)/t4-,6+,7-,8-/m1/s1. The van der Waals surface area contributed by atoms with Gasteiger partial charge in [0.25, 0.3) is 0 Å². The van der Waals surface area contributed by atoms with Crippen LogP contribution >= 0.6 is 15.6 Å². The number of nitrogens with zero attached hydrogens (tertiary/aromatic N) is 2. The molecule has 0 bridgehead atoms. The summed E-state index contributed by atoms with van der Waals surface area (Å²) in [5, 5.41) is 19.8. The van der Waals surface area contributed by atoms with Crippen LogP contribution in [0.1, 0.15) is 6.23 Å². The molecule has 0 spiro atoms. The summed E-state index contributed by atoms with van der Waals surface area (Å²) < 4.78 is 35.8. The van der Waals surface area contributed by atoms with Crippen LogP contribution in [0.2, 0.25) is 0 Å². The summed E-state index contributed by atoms with van der Waals surface area (Å²) in [7, 11) is -10.5. The van der Waals surface area contributed by atoms with Crippen molar-refractivity contribution in [2.45, 2.75) is 24.5 Å². The van der Waals surface area contributed by atoms with Crippen molar-refractivity contribution in [2.75, 3.05) is 12.3 Å². The number of aliphatic hydroxyl groups is 2. The topological polar surface area (TPSA) is 224 Å². The third-order valence-electron chi connectivity index (χ3n) is 3.07. The number of hydrogen-bond donors (Lipinski definition) is 6. The van der Waals surface area contributed by atoms with E-state index in [4.69, 9.17) is 25.2 Å². The molecule has 2 heterocycles. The Kier molecular flexibility index (Phi) is 5.81. The van der Waals surface area contributed by atoms with E-state index in [0.717, 1.165) is 10.8 Å². The van der Waals surface area contributed by atoms with E-state index in [0.29, 0.717) is 0 Å². The Morgan fingerprint density at radius 1 is 1.28 bits per heavy atom. The Balaban J connectivity index is 2.08. The fourth-order valence-electron chi connectivity index (χ4n) is 2.04. The van der Waals surface area contributed by atoms with E-state index >= 15 is 0 Å². The van der Waals surface area contributed by atoms with Gasteiger partial charge in [0.1, 0.15) is 24.1 Å². The third-order valence-corrected chi connectivity index (χ3v) is 5.23. The molecule has 14 nitrogen and oxygen atoms in total. The number of hydrogen-bond acceptors (Lipinski definition) is 10. The van der Waals surface area contributed by atoms with Gasteiger partial charge in [-0.1, -0.05) is 0 Å². The normalized spacial score (nSPS) is 29.5. The van der Waals surface area contributed by atoms with Crippen molar-refractivity contribution in [3.05, 3.63) is 22.7 Å². The van der Waals surface area contributed by atoms with E-state index in [-0.39, 0.29) is 5.82 Å². The molecular weight excluding hydrogens is 388 g/mol. The average molecular weight is 403 g/mol. The van der Waals surface area contributed by atoms with E-state index in [9.17, 15) is 24.1 Å². The smallest absolute Gasteiger partial charge is 0.387 e. The molecule has 2 rings (SSSR count). The monoisotopic (exact) mass is 403 g/mol. The molecule has 1 saturated heterocycles. The highest BCUT2D eigenvalue weighted by Crippen LogP contribution is 2.57. The molecular formula is C9H15N3O11P2. The lowest BCUT2D eigenvalue weighted by molar-refractivity contribution is -0.0541. The summed E-state index contributed by atoms with van der Waals surface area (Å²) in [6.07, 6.45) is -4.93. The summed E-state index contributed by atoms with van der Waals surface area (Å²) in [5.41, 5.74) is 4.45. The predicted molar refractivity (Wildman–Crippen MR) is 77.7 cm³/mol. The molecule has 0 saturated carbocycles. The number of rotatable bonds is 6. The maximum atomic E-state index is 11.7. The molecule has 5 atom stereocenters. The van der Waals surface area contributed by atoms with Crippen LogP contribution in [0.4, 0.5) is 5.82 Å². The predicted octanol–water partition coefficient (Wildman–Crippen LogP) is -2.33. The molecule has 25 heavy (non-hydrogen) atoms. The van der Waals surface area contributed by atoms with Gasteiger partial charge < -0.3 is 35.4 Å². The van der Waals surface area contributed by atoms with Crippen LogP contribution < -0.4 is 11.4 Å². The molecule has 1 aliphatic rings. The molecule has 1 unspecified atom stereocenters. The van der Waals surface area contributed by atoms with Crippen molar-refractivity contribution < 1.29 is 47.6 Å². The summed E-state index contributed by atoms with van der Waals surface area (Å²) in [4.78, 5) is 41.3. The Morgan fingerprint density at radius 3 is 2.48 bits per heavy atom. The minimum absolute atomic E-state index is 0.0787. The lowest BCUT2D eigenvalue weighted by Crippen LogP contribution is -2.36. The molecule has 0 radical (unpaired) electrons. The zero-order valence-corrected chi connectivity index (χ0v) is 14.0. The maximum Gasteiger partial charge on any atom is 0.481 e. The van der Waals surface area contributed by atoms with Crippen LogP contribution in [0.25, 0.3) is 0 Å². The lowest BCUT2D eigenvalue weighted by Gasteiger charge is -2.17. The molecule has 1 fully saturated rings. The number of phosphoric ester groups is 1. The molecule has 1 aliphatic heterocycles. The Morgan fingerprint density at radius 2 is 1.92 bits per heavy atom. The maximum absolute atomic E-state index is 11.7. The Labute approximate surface area is 139 Å². The highest BCUT2D eigenvalue weighted by Gasteiger charge is 2.45. The van der Waals surface area contributed by atoms with Gasteiger partial charge in [-0.05, 0) is 6.07 Å². The van der Waals surface area contributed by atoms with Gasteiger partial charge >= 0.3 is 21.3 Å². The summed E-state index contributed by atoms with van der Waals surface area (Å²) in [6.45, 7) is -0.875. The quantitative estimate of drug-likeness (QED) is 0.274. The van der Waals surface area contributed by atoms with Gasteiger partial charge in [-0.3, -0.25) is 9.09 Å². The van der Waals surface area contributed by atoms with E-state index in [2.05, 4.69) is 13.8 Å². The Hall–Kier alpha value is -1.18. The number of aliphatic hydroxyl groups excluding tert-OH is 2. The highest BCUT2D eigenvalue weighted by atomic mass is 31.3. The third kappa shape index (κ3) is 5.15. The van der Waals surface area contributed by atoms with Gasteiger partial charge in [0, 0.05) is 6.20 Å². The van der Waals surface area contributed by atoms with E-state index in [1.165, 1.54) is 6.07 Å². The fraction of sp³-hybridized carbons (Fsp3) is 0.556. The van der Waals surface area contributed by atoms with Crippen molar-refractivity contribution in [1.29, 1.82) is 0 Å². The van der Waals surface area contributed by atoms with Crippen LogP contribution in [-0.2, 0) is 22.7 Å². The van der Waals surface area contributed by atoms with Crippen LogP contribution in [0.15, 0.2) is 17.1 Å². The fourth-order valence-corrected chi connectivity index (χ4v) is 3.64. The van der Waals surface area contributed by atoms with Gasteiger partial charge in [-0.2, -0.15) is 9.29 Å². The number of nitrogen functional groups attached to an aromatic ring is 1. The van der Waals surface area contributed by atoms with Crippen molar-refractivity contribution in [3.63, 3.8) is 0 Å². The van der Waals surface area contributed by atoms with Crippen LogP contribution in [0.5, 0.6) is 0 Å². The highest BCUT2D eigenvalue weighted by molar-refractivity contribution is 7.60. The zero-order chi connectivity index (χ0) is 19.0. The van der Waals surface area contributed by atoms with Gasteiger partial charge in [-0.25, -0.2) is 13.9 Å². The van der Waals surface area contributed by atoms with Gasteiger partial charge in [-0.15, -0.1) is 0 Å². The molecule has 7 N–H and O–H groups in total. The van der Waals surface area contributed by atoms with Crippen LogP contribution in [0, 0.1) is 0 Å². The second-order valence-electron chi connectivity index (χ2n) is 4.93. The van der Waals surface area contributed by atoms with E-state index in [1.807, 2.05) is 0 Å². The Bertz CT molecular complexity index is 778. The van der Waals surface area contributed by atoms with Crippen molar-refractivity contribution >= 4 is 21.5 Å². The van der Waals surface area contributed by atoms with Crippen molar-refractivity contribution in [1.82, 2.24) is 9.55 Å². The molecule has 1 aromatic rings. The minimum atomic E-state index is -5.30. The van der Waals surface area contributed by atoms with Crippen LogP contribution in [-0.4, -0.2) is 59.4 Å². The second kappa shape index (κ2) is 7.21. The van der Waals surface area contributed by atoms with Crippen molar-refractivity contribution in [2.24, 2.45) is 0 Å². The molecule has 16 heteroatoms. The molecule has 0 amide bonds. The number of nitrogens with two attached hydrogens (primary N) is 1. The molecule has 0 aliphatic carbocycles. The van der Waals surface area contributed by atoms with Crippen molar-refractivity contribution in [3.8, 4) is 0 Å². The molecule has 0 aromatic carbocycles. The summed E-state index contributed by atoms with van der Waals surface area (Å²) in [6, 6.07) is 1.24. The first-order valence-corrected chi connectivity index (χ1v) is 9.53. The first kappa shape index (κ1) is 20.1. The molecule has 142 valence electrons. The summed E-state index contributed by atoms with van der Waals surface area (Å²) >= 11 is 0. The minimum Gasteiger partial charge on any atom is -0.387 e. The van der Waals surface area contributed by atoms with Gasteiger partial charge in [0.15, 0.2) is 6.23 Å². The second-order valence-corrected chi connectivity index (χ2v) is 7.75. The first-order chi connectivity index (χ1) is 11.4. The number of phosphoric acid groups is 2. The number of ether oxygens (including phenoxy) is 1. The SMILES string of the molecule is Nc1ccn([C@@H]2O[C@H](COP(=O)(O)OP(=O)(O)O)[C@H](O)[C@H]2O)c(=O)n1. The van der Waals surface area contributed by atoms with Gasteiger partial charge in [0.05, 0.1) is 6.61 Å². The van der Waals surface area contributed by atoms with Crippen LogP contribution in [0.3, 0.4) is 0 Å². The lowest BCUT2D eigenvalue weighted by atomic mass is 10.1. The largest absolute Gasteiger partial charge is 0.481 e. The summed E-state index contributed by atoms with van der Waals surface area (Å²) in [5.74, 6) is -0.0787. The van der Waals surface area contributed by atoms with Gasteiger partial charge in [0.2, 0.25) is 0 Å². The first-order valence-electron chi connectivity index (χ1n) is 6.50. The molecule has 1 aromatic heterocycles. The van der Waals surface area contributed by atoms with E-state index in [1.54, 1.807) is 0 Å².